The average Bonchev–Trinajstić information content (AvgIpc) is 2.67. The van der Waals surface area contributed by atoms with E-state index in [1.807, 2.05) is 38.1 Å². The zero-order valence-electron chi connectivity index (χ0n) is 9.98. The van der Waals surface area contributed by atoms with Gasteiger partial charge >= 0.3 is 0 Å². The van der Waals surface area contributed by atoms with Gasteiger partial charge in [0.1, 0.15) is 0 Å². The summed E-state index contributed by atoms with van der Waals surface area (Å²) in [5, 5.41) is 11.3. The van der Waals surface area contributed by atoms with Gasteiger partial charge in [0.15, 0.2) is 5.17 Å². The molecule has 1 atom stereocenters. The highest BCUT2D eigenvalue weighted by Gasteiger charge is 2.25. The molecule has 1 aliphatic rings. The van der Waals surface area contributed by atoms with Crippen LogP contribution in [0.1, 0.15) is 19.4 Å². The molecule has 0 spiro atoms. The number of halogens is 1. The molecule has 1 heterocycles. The monoisotopic (exact) mass is 325 g/mol. The summed E-state index contributed by atoms with van der Waals surface area (Å²) in [6, 6.07) is 7.84. The molecule has 1 aliphatic heterocycles. The molecule has 4 nitrogen and oxygen atoms in total. The first kappa shape index (κ1) is 13.3. The Labute approximate surface area is 118 Å². The second-order valence-electron chi connectivity index (χ2n) is 3.85. The lowest BCUT2D eigenvalue weighted by Gasteiger charge is -1.98. The number of benzene rings is 1. The molecule has 0 bridgehead atoms. The van der Waals surface area contributed by atoms with Gasteiger partial charge < -0.3 is 5.32 Å². The van der Waals surface area contributed by atoms with Gasteiger partial charge in [-0.15, -0.1) is 5.10 Å². The van der Waals surface area contributed by atoms with Gasteiger partial charge in [0.2, 0.25) is 5.91 Å². The van der Waals surface area contributed by atoms with Crippen LogP contribution in [-0.2, 0) is 4.79 Å². The van der Waals surface area contributed by atoms with Crippen LogP contribution in [0.2, 0.25) is 0 Å². The summed E-state index contributed by atoms with van der Waals surface area (Å²) in [5.41, 5.74) is 1.81. The summed E-state index contributed by atoms with van der Waals surface area (Å²) >= 11 is 4.77. The third-order valence-electron chi connectivity index (χ3n) is 2.44. The fraction of sp³-hybridized carbons (Fsp3) is 0.250. The molecular formula is C12H12BrN3OS. The predicted octanol–water partition coefficient (Wildman–Crippen LogP) is 2.78. The number of rotatable bonds is 2. The summed E-state index contributed by atoms with van der Waals surface area (Å²) in [5.74, 6) is -0.0183. The van der Waals surface area contributed by atoms with Crippen molar-refractivity contribution in [2.75, 3.05) is 0 Å². The summed E-state index contributed by atoms with van der Waals surface area (Å²) in [4.78, 5) is 11.3. The number of carbonyl (C=O) groups excluding carboxylic acids is 1. The quantitative estimate of drug-likeness (QED) is 0.671. The van der Waals surface area contributed by atoms with Crippen molar-refractivity contribution in [1.82, 2.24) is 5.32 Å². The van der Waals surface area contributed by atoms with Gasteiger partial charge in [-0.1, -0.05) is 39.8 Å². The van der Waals surface area contributed by atoms with Gasteiger partial charge in [0, 0.05) is 4.47 Å². The molecule has 1 fully saturated rings. The van der Waals surface area contributed by atoms with E-state index in [0.717, 1.165) is 15.7 Å². The smallest absolute Gasteiger partial charge is 0.239 e. The maximum atomic E-state index is 11.3. The van der Waals surface area contributed by atoms with Crippen LogP contribution in [0.3, 0.4) is 0 Å². The van der Waals surface area contributed by atoms with E-state index in [-0.39, 0.29) is 11.2 Å². The average molecular weight is 326 g/mol. The molecule has 0 saturated carbocycles. The third-order valence-corrected chi connectivity index (χ3v) is 3.94. The van der Waals surface area contributed by atoms with Crippen LogP contribution in [0.4, 0.5) is 0 Å². The van der Waals surface area contributed by atoms with Gasteiger partial charge in [-0.25, -0.2) is 0 Å². The molecule has 1 saturated heterocycles. The highest BCUT2D eigenvalue weighted by atomic mass is 79.9. The first-order chi connectivity index (χ1) is 8.56. The van der Waals surface area contributed by atoms with Crippen molar-refractivity contribution >= 4 is 44.5 Å². The Morgan fingerprint density at radius 2 is 2.06 bits per heavy atom. The number of amidine groups is 1. The van der Waals surface area contributed by atoms with Crippen molar-refractivity contribution in [3.63, 3.8) is 0 Å². The van der Waals surface area contributed by atoms with Crippen LogP contribution < -0.4 is 5.32 Å². The number of thioether (sulfide) groups is 1. The van der Waals surface area contributed by atoms with Gasteiger partial charge in [0.05, 0.1) is 11.0 Å². The van der Waals surface area contributed by atoms with Crippen molar-refractivity contribution in [1.29, 1.82) is 0 Å². The Balaban J connectivity index is 2.12. The van der Waals surface area contributed by atoms with Crippen LogP contribution in [0.25, 0.3) is 0 Å². The molecule has 1 N–H and O–H groups in total. The summed E-state index contributed by atoms with van der Waals surface area (Å²) in [6.07, 6.45) is 0. The lowest BCUT2D eigenvalue weighted by atomic mass is 10.1. The van der Waals surface area contributed by atoms with E-state index >= 15 is 0 Å². The zero-order valence-corrected chi connectivity index (χ0v) is 12.4. The fourth-order valence-electron chi connectivity index (χ4n) is 1.38. The summed E-state index contributed by atoms with van der Waals surface area (Å²) in [7, 11) is 0. The van der Waals surface area contributed by atoms with E-state index in [1.54, 1.807) is 0 Å². The van der Waals surface area contributed by atoms with E-state index in [9.17, 15) is 4.79 Å². The molecule has 1 aromatic carbocycles. The molecule has 18 heavy (non-hydrogen) atoms. The maximum absolute atomic E-state index is 11.3. The molecule has 1 amide bonds. The van der Waals surface area contributed by atoms with Crippen molar-refractivity contribution in [3.05, 3.63) is 34.3 Å². The number of hydrogen-bond acceptors (Lipinski definition) is 4. The highest BCUT2D eigenvalue weighted by Crippen LogP contribution is 2.18. The summed E-state index contributed by atoms with van der Waals surface area (Å²) < 4.78 is 1.03. The van der Waals surface area contributed by atoms with Crippen LogP contribution >= 0.6 is 27.7 Å². The maximum Gasteiger partial charge on any atom is 0.239 e. The minimum atomic E-state index is -0.0908. The predicted molar refractivity (Wildman–Crippen MR) is 79.0 cm³/mol. The molecule has 0 radical (unpaired) electrons. The Morgan fingerprint density at radius 1 is 1.39 bits per heavy atom. The van der Waals surface area contributed by atoms with Crippen molar-refractivity contribution in [2.45, 2.75) is 19.1 Å². The molecule has 94 valence electrons. The molecule has 0 unspecified atom stereocenters. The number of nitrogens with one attached hydrogen (secondary N) is 1. The standard InChI is InChI=1S/C12H12BrN3OS/c1-7(9-3-5-10(13)6-4-9)15-16-12-14-11(17)8(2)18-12/h3-6,8H,1-2H3,(H,14,16,17)/b15-7+/t8-/m1/s1. The van der Waals surface area contributed by atoms with Crippen molar-refractivity contribution in [3.8, 4) is 0 Å². The first-order valence-corrected chi connectivity index (χ1v) is 7.09. The van der Waals surface area contributed by atoms with Crippen LogP contribution in [0.15, 0.2) is 38.9 Å². The van der Waals surface area contributed by atoms with E-state index in [0.29, 0.717) is 5.17 Å². The van der Waals surface area contributed by atoms with Crippen molar-refractivity contribution in [2.24, 2.45) is 10.2 Å². The number of nitrogens with zero attached hydrogens (tertiary/aromatic N) is 2. The number of amides is 1. The second kappa shape index (κ2) is 5.67. The van der Waals surface area contributed by atoms with Crippen LogP contribution in [0, 0.1) is 0 Å². The Bertz CT molecular complexity index is 525. The molecule has 0 aromatic heterocycles. The normalized spacial score (nSPS) is 22.4. The van der Waals surface area contributed by atoms with E-state index in [2.05, 4.69) is 31.4 Å². The SMILES string of the molecule is C/C(=N\N=C1\NC(=O)[C@@H](C)S1)c1ccc(Br)cc1. The zero-order chi connectivity index (χ0) is 13.1. The third kappa shape index (κ3) is 3.20. The lowest BCUT2D eigenvalue weighted by Crippen LogP contribution is -2.23. The molecule has 2 rings (SSSR count). The van der Waals surface area contributed by atoms with Crippen molar-refractivity contribution < 1.29 is 4.79 Å². The Kier molecular flexibility index (Phi) is 4.19. The van der Waals surface area contributed by atoms with Gasteiger partial charge in [-0.3, -0.25) is 4.79 Å². The van der Waals surface area contributed by atoms with Gasteiger partial charge in [0.25, 0.3) is 0 Å². The van der Waals surface area contributed by atoms with E-state index in [1.165, 1.54) is 11.8 Å². The van der Waals surface area contributed by atoms with E-state index in [4.69, 9.17) is 0 Å². The van der Waals surface area contributed by atoms with Gasteiger partial charge in [-0.05, 0) is 31.5 Å². The first-order valence-electron chi connectivity index (χ1n) is 5.42. The fourth-order valence-corrected chi connectivity index (χ4v) is 2.39. The highest BCUT2D eigenvalue weighted by molar-refractivity contribution is 9.10. The Morgan fingerprint density at radius 3 is 2.61 bits per heavy atom. The molecular weight excluding hydrogens is 314 g/mol. The number of carbonyl (C=O) groups is 1. The summed E-state index contributed by atoms with van der Waals surface area (Å²) in [6.45, 7) is 3.73. The molecule has 1 aromatic rings. The van der Waals surface area contributed by atoms with Crippen LogP contribution in [-0.4, -0.2) is 22.0 Å². The van der Waals surface area contributed by atoms with Gasteiger partial charge in [-0.2, -0.15) is 5.10 Å². The molecule has 0 aliphatic carbocycles. The van der Waals surface area contributed by atoms with Crippen LogP contribution in [0.5, 0.6) is 0 Å². The lowest BCUT2D eigenvalue weighted by molar-refractivity contribution is -0.118. The minimum absolute atomic E-state index is 0.0183. The second-order valence-corrected chi connectivity index (χ2v) is 6.09. The minimum Gasteiger partial charge on any atom is -0.303 e. The number of hydrogen-bond donors (Lipinski definition) is 1. The largest absolute Gasteiger partial charge is 0.303 e. The molecule has 6 heteroatoms. The Hall–Kier alpha value is -1.14. The topological polar surface area (TPSA) is 53.8 Å². The van der Waals surface area contributed by atoms with E-state index < -0.39 is 0 Å².